The summed E-state index contributed by atoms with van der Waals surface area (Å²) in [5.41, 5.74) is 2.77. The molecule has 2 aliphatic heterocycles. The second-order valence-corrected chi connectivity index (χ2v) is 8.84. The summed E-state index contributed by atoms with van der Waals surface area (Å²) in [6.07, 6.45) is 9.41. The van der Waals surface area contributed by atoms with E-state index in [0.29, 0.717) is 0 Å². The molecule has 28 heavy (non-hydrogen) atoms. The van der Waals surface area contributed by atoms with Crippen LogP contribution in [0.15, 0.2) is 42.7 Å². The standard InChI is InChI=1S/C23H32N4O/c28-22-21(26-13-3-4-14-26)19-7-1-2-8-20(19)23(22)9-17-25(18-10-23)12-6-16-27-15-5-11-24-27/h1-2,5,7-8,11,15,21-22,28H,3-4,6,9-10,12-14,16-18H2/t21-,22+/m0/s1. The van der Waals surface area contributed by atoms with Crippen LogP contribution in [0.4, 0.5) is 0 Å². The first-order chi connectivity index (χ1) is 13.8. The molecule has 1 N–H and O–H groups in total. The van der Waals surface area contributed by atoms with Crippen LogP contribution in [0.25, 0.3) is 0 Å². The predicted octanol–water partition coefficient (Wildman–Crippen LogP) is 2.82. The van der Waals surface area contributed by atoms with E-state index in [4.69, 9.17) is 0 Å². The van der Waals surface area contributed by atoms with Gasteiger partial charge in [0.05, 0.1) is 12.1 Å². The van der Waals surface area contributed by atoms with Crippen molar-refractivity contribution < 1.29 is 5.11 Å². The second kappa shape index (κ2) is 7.62. The summed E-state index contributed by atoms with van der Waals surface area (Å²) < 4.78 is 2.02. The van der Waals surface area contributed by atoms with E-state index < -0.39 is 0 Å². The molecule has 3 heterocycles. The number of benzene rings is 1. The third-order valence-corrected chi connectivity index (χ3v) is 7.38. The lowest BCUT2D eigenvalue weighted by molar-refractivity contribution is -0.00959. The van der Waals surface area contributed by atoms with Gasteiger partial charge in [0.1, 0.15) is 0 Å². The number of aryl methyl sites for hydroxylation is 1. The summed E-state index contributed by atoms with van der Waals surface area (Å²) in [5, 5.41) is 15.9. The molecule has 1 aromatic carbocycles. The van der Waals surface area contributed by atoms with Crippen molar-refractivity contribution in [3.8, 4) is 0 Å². The van der Waals surface area contributed by atoms with Gasteiger partial charge in [-0.15, -0.1) is 0 Å². The van der Waals surface area contributed by atoms with Crippen LogP contribution in [0.5, 0.6) is 0 Å². The first kappa shape index (κ1) is 18.3. The number of aliphatic hydroxyl groups excluding tert-OH is 1. The molecular formula is C23H32N4O. The van der Waals surface area contributed by atoms with Crippen molar-refractivity contribution in [1.82, 2.24) is 19.6 Å². The molecule has 0 saturated carbocycles. The lowest BCUT2D eigenvalue weighted by atomic mass is 9.72. The third kappa shape index (κ3) is 3.10. The second-order valence-electron chi connectivity index (χ2n) is 8.84. The van der Waals surface area contributed by atoms with Crippen molar-refractivity contribution in [2.45, 2.75) is 56.2 Å². The fourth-order valence-corrected chi connectivity index (χ4v) is 5.89. The van der Waals surface area contributed by atoms with E-state index in [1.54, 1.807) is 0 Å². The Kier molecular flexibility index (Phi) is 4.99. The lowest BCUT2D eigenvalue weighted by Crippen LogP contribution is -2.49. The molecule has 150 valence electrons. The van der Waals surface area contributed by atoms with Crippen molar-refractivity contribution in [2.24, 2.45) is 0 Å². The Morgan fingerprint density at radius 3 is 2.54 bits per heavy atom. The Bertz CT molecular complexity index is 776. The molecule has 1 aliphatic carbocycles. The van der Waals surface area contributed by atoms with E-state index >= 15 is 0 Å². The Morgan fingerprint density at radius 2 is 1.79 bits per heavy atom. The van der Waals surface area contributed by atoms with Gasteiger partial charge in [0.25, 0.3) is 0 Å². The lowest BCUT2D eigenvalue weighted by Gasteiger charge is -2.43. The van der Waals surface area contributed by atoms with Gasteiger partial charge in [-0.3, -0.25) is 9.58 Å². The summed E-state index contributed by atoms with van der Waals surface area (Å²) in [5.74, 6) is 0. The van der Waals surface area contributed by atoms with Crippen LogP contribution in [0.1, 0.15) is 49.3 Å². The summed E-state index contributed by atoms with van der Waals surface area (Å²) in [7, 11) is 0. The predicted molar refractivity (Wildman–Crippen MR) is 110 cm³/mol. The maximum absolute atomic E-state index is 11.6. The quantitative estimate of drug-likeness (QED) is 0.866. The molecule has 0 bridgehead atoms. The van der Waals surface area contributed by atoms with E-state index in [2.05, 4.69) is 39.2 Å². The van der Waals surface area contributed by atoms with Crippen LogP contribution in [-0.2, 0) is 12.0 Å². The summed E-state index contributed by atoms with van der Waals surface area (Å²) in [6.45, 7) is 6.52. The van der Waals surface area contributed by atoms with E-state index in [1.165, 1.54) is 24.0 Å². The molecule has 1 spiro atoms. The minimum atomic E-state index is -0.269. The normalized spacial score (nSPS) is 27.5. The maximum Gasteiger partial charge on any atom is 0.0834 e. The molecule has 2 fully saturated rings. The molecule has 1 aromatic heterocycles. The highest BCUT2D eigenvalue weighted by atomic mass is 16.3. The highest BCUT2D eigenvalue weighted by Gasteiger charge is 2.54. The van der Waals surface area contributed by atoms with Gasteiger partial charge in [0, 0.05) is 24.4 Å². The first-order valence-electron chi connectivity index (χ1n) is 11.0. The number of aliphatic hydroxyl groups is 1. The highest BCUT2D eigenvalue weighted by Crippen LogP contribution is 2.53. The SMILES string of the molecule is O[C@@H]1[C@@H](N2CCCC2)c2ccccc2C12CCN(CCCn1cccn1)CC2. The molecule has 0 radical (unpaired) electrons. The minimum absolute atomic E-state index is 0.0532. The fourth-order valence-electron chi connectivity index (χ4n) is 5.89. The van der Waals surface area contributed by atoms with Crippen molar-refractivity contribution in [1.29, 1.82) is 0 Å². The van der Waals surface area contributed by atoms with Gasteiger partial charge in [-0.2, -0.15) is 5.10 Å². The van der Waals surface area contributed by atoms with Crippen LogP contribution < -0.4 is 0 Å². The molecular weight excluding hydrogens is 348 g/mol. The number of nitrogens with zero attached hydrogens (tertiary/aromatic N) is 4. The van der Waals surface area contributed by atoms with Crippen molar-refractivity contribution in [3.63, 3.8) is 0 Å². The molecule has 0 unspecified atom stereocenters. The van der Waals surface area contributed by atoms with Gasteiger partial charge in [0.2, 0.25) is 0 Å². The van der Waals surface area contributed by atoms with Crippen molar-refractivity contribution in [3.05, 3.63) is 53.9 Å². The Morgan fingerprint density at radius 1 is 1.00 bits per heavy atom. The third-order valence-electron chi connectivity index (χ3n) is 7.38. The largest absolute Gasteiger partial charge is 0.390 e. The van der Waals surface area contributed by atoms with Gasteiger partial charge in [-0.25, -0.2) is 0 Å². The monoisotopic (exact) mass is 380 g/mol. The van der Waals surface area contributed by atoms with Gasteiger partial charge < -0.3 is 10.0 Å². The minimum Gasteiger partial charge on any atom is -0.390 e. The van der Waals surface area contributed by atoms with Crippen molar-refractivity contribution >= 4 is 0 Å². The number of aromatic nitrogens is 2. The summed E-state index contributed by atoms with van der Waals surface area (Å²) >= 11 is 0. The van der Waals surface area contributed by atoms with E-state index in [0.717, 1.165) is 58.5 Å². The Hall–Kier alpha value is -1.69. The van der Waals surface area contributed by atoms with Crippen LogP contribution in [-0.4, -0.2) is 63.5 Å². The van der Waals surface area contributed by atoms with Gasteiger partial charge >= 0.3 is 0 Å². The zero-order chi connectivity index (χ0) is 19.0. The number of piperidine rings is 1. The van der Waals surface area contributed by atoms with Crippen LogP contribution in [0, 0.1) is 0 Å². The molecule has 3 aliphatic rings. The zero-order valence-corrected chi connectivity index (χ0v) is 16.7. The van der Waals surface area contributed by atoms with E-state index in [-0.39, 0.29) is 17.6 Å². The molecule has 2 saturated heterocycles. The molecule has 2 atom stereocenters. The van der Waals surface area contributed by atoms with Crippen LogP contribution in [0.2, 0.25) is 0 Å². The highest BCUT2D eigenvalue weighted by molar-refractivity contribution is 5.45. The smallest absolute Gasteiger partial charge is 0.0834 e. The summed E-state index contributed by atoms with van der Waals surface area (Å²) in [4.78, 5) is 5.11. The zero-order valence-electron chi connectivity index (χ0n) is 16.7. The van der Waals surface area contributed by atoms with E-state index in [9.17, 15) is 5.11 Å². The fraction of sp³-hybridized carbons (Fsp3) is 0.609. The van der Waals surface area contributed by atoms with Gasteiger partial charge in [-0.05, 0) is 82.0 Å². The molecule has 0 amide bonds. The molecule has 5 heteroatoms. The Balaban J connectivity index is 1.28. The van der Waals surface area contributed by atoms with Gasteiger partial charge in [-0.1, -0.05) is 24.3 Å². The van der Waals surface area contributed by atoms with Gasteiger partial charge in [0.15, 0.2) is 0 Å². The first-order valence-corrected chi connectivity index (χ1v) is 11.0. The Labute approximate surface area is 168 Å². The topological polar surface area (TPSA) is 44.5 Å². The van der Waals surface area contributed by atoms with Crippen LogP contribution >= 0.6 is 0 Å². The molecule has 5 rings (SSSR count). The molecule has 2 aromatic rings. The van der Waals surface area contributed by atoms with Crippen LogP contribution in [0.3, 0.4) is 0 Å². The number of likely N-dealkylation sites (tertiary alicyclic amines) is 2. The average Bonchev–Trinajstić information content (AvgIpc) is 3.46. The maximum atomic E-state index is 11.6. The summed E-state index contributed by atoms with van der Waals surface area (Å²) in [6, 6.07) is 11.1. The van der Waals surface area contributed by atoms with Crippen molar-refractivity contribution in [2.75, 3.05) is 32.7 Å². The average molecular weight is 381 g/mol. The van der Waals surface area contributed by atoms with E-state index in [1.807, 2.05) is 23.1 Å². The number of fused-ring (bicyclic) bond motifs is 2. The number of hydrogen-bond donors (Lipinski definition) is 1. The number of rotatable bonds is 5. The number of hydrogen-bond acceptors (Lipinski definition) is 4. The molecule has 5 nitrogen and oxygen atoms in total.